The van der Waals surface area contributed by atoms with Gasteiger partial charge in [-0.25, -0.2) is 0 Å². The Morgan fingerprint density at radius 2 is 2.00 bits per heavy atom. The van der Waals surface area contributed by atoms with Crippen LogP contribution in [0.25, 0.3) is 0 Å². The number of alkyl halides is 2. The van der Waals surface area contributed by atoms with Crippen LogP contribution in [0.5, 0.6) is 11.5 Å². The highest BCUT2D eigenvalue weighted by Crippen LogP contribution is 2.42. The van der Waals surface area contributed by atoms with Gasteiger partial charge in [0.05, 0.1) is 5.69 Å². The first kappa shape index (κ1) is 12.6. The largest absolute Gasteiger partial charge is 0.481 e. The number of benzene rings is 1. The molecule has 3 rings (SSSR count). The number of aliphatic carboxylic acids is 1. The molecule has 0 amide bonds. The molecule has 2 aliphatic heterocycles. The summed E-state index contributed by atoms with van der Waals surface area (Å²) in [4.78, 5) is 23.7. The molecular weight excluding hydrogens is 276 g/mol. The van der Waals surface area contributed by atoms with Gasteiger partial charge >= 0.3 is 12.5 Å². The highest BCUT2D eigenvalue weighted by molar-refractivity contribution is 6.13. The summed E-state index contributed by atoms with van der Waals surface area (Å²) >= 11 is 0. The minimum atomic E-state index is -2.91. The normalized spacial score (nSPS) is 20.2. The number of fused-ring (bicyclic) bond motifs is 2. The molecule has 1 N–H and O–H groups in total. The predicted octanol–water partition coefficient (Wildman–Crippen LogP) is 1.34. The number of rotatable bonds is 2. The molecule has 0 saturated carbocycles. The standard InChI is InChI=1S/C12H9F2NO5/c13-12(14)15-3-6(11(17)18)10(16)5-1-8-9(2-7(5)15)20-4-19-8/h1-2,6,12H,3-4H2,(H,17,18). The van der Waals surface area contributed by atoms with E-state index in [1.165, 1.54) is 12.1 Å². The molecule has 1 atom stereocenters. The van der Waals surface area contributed by atoms with Gasteiger partial charge < -0.3 is 19.5 Å². The third-order valence-corrected chi connectivity index (χ3v) is 3.30. The molecule has 0 bridgehead atoms. The summed E-state index contributed by atoms with van der Waals surface area (Å²) in [5.41, 5.74) is -0.125. The number of carboxylic acid groups (broad SMARTS) is 1. The number of carbonyl (C=O) groups is 2. The molecule has 1 aromatic rings. The van der Waals surface area contributed by atoms with E-state index in [4.69, 9.17) is 14.6 Å². The fourth-order valence-electron chi connectivity index (χ4n) is 2.31. The van der Waals surface area contributed by atoms with Crippen molar-refractivity contribution in [2.24, 2.45) is 5.92 Å². The van der Waals surface area contributed by atoms with Gasteiger partial charge in [-0.05, 0) is 6.07 Å². The quantitative estimate of drug-likeness (QED) is 0.653. The monoisotopic (exact) mass is 285 g/mol. The Balaban J connectivity index is 2.14. The van der Waals surface area contributed by atoms with Crippen molar-refractivity contribution in [3.05, 3.63) is 17.7 Å². The zero-order chi connectivity index (χ0) is 14.4. The minimum Gasteiger partial charge on any atom is -0.481 e. The summed E-state index contributed by atoms with van der Waals surface area (Å²) in [5, 5.41) is 8.98. The van der Waals surface area contributed by atoms with Gasteiger partial charge in [-0.15, -0.1) is 0 Å². The topological polar surface area (TPSA) is 76.1 Å². The zero-order valence-corrected chi connectivity index (χ0v) is 10.0. The maximum atomic E-state index is 13.1. The predicted molar refractivity (Wildman–Crippen MR) is 61.4 cm³/mol. The number of carboxylic acids is 1. The molecule has 2 heterocycles. The first-order valence-corrected chi connectivity index (χ1v) is 5.74. The lowest BCUT2D eigenvalue weighted by Gasteiger charge is -2.32. The van der Waals surface area contributed by atoms with Crippen molar-refractivity contribution < 1.29 is 33.0 Å². The van der Waals surface area contributed by atoms with Crippen LogP contribution in [0, 0.1) is 5.92 Å². The minimum absolute atomic E-state index is 0.0354. The molecule has 2 aliphatic rings. The third-order valence-electron chi connectivity index (χ3n) is 3.30. The van der Waals surface area contributed by atoms with E-state index in [2.05, 4.69) is 0 Å². The summed E-state index contributed by atoms with van der Waals surface area (Å²) in [5.74, 6) is -3.14. The fourth-order valence-corrected chi connectivity index (χ4v) is 2.31. The van der Waals surface area contributed by atoms with Crippen LogP contribution in [-0.4, -0.2) is 36.7 Å². The van der Waals surface area contributed by atoms with Crippen molar-refractivity contribution in [3.8, 4) is 11.5 Å². The van der Waals surface area contributed by atoms with E-state index < -0.39 is 30.8 Å². The summed E-state index contributed by atoms with van der Waals surface area (Å²) in [6.07, 6.45) is 0. The van der Waals surface area contributed by atoms with Gasteiger partial charge in [0.15, 0.2) is 17.3 Å². The van der Waals surface area contributed by atoms with E-state index >= 15 is 0 Å². The maximum Gasteiger partial charge on any atom is 0.316 e. The zero-order valence-electron chi connectivity index (χ0n) is 10.0. The molecule has 8 heteroatoms. The van der Waals surface area contributed by atoms with Gasteiger partial charge in [0.2, 0.25) is 6.79 Å². The van der Waals surface area contributed by atoms with Crippen LogP contribution in [0.4, 0.5) is 14.5 Å². The molecule has 1 unspecified atom stereocenters. The first-order chi connectivity index (χ1) is 9.49. The van der Waals surface area contributed by atoms with Gasteiger partial charge in [-0.2, -0.15) is 8.78 Å². The Hall–Kier alpha value is -2.38. The van der Waals surface area contributed by atoms with Crippen molar-refractivity contribution in [3.63, 3.8) is 0 Å². The molecule has 0 aromatic heterocycles. The second-order valence-electron chi connectivity index (χ2n) is 4.41. The molecule has 0 saturated heterocycles. The SMILES string of the molecule is O=C(O)C1CN(C(F)F)c2cc3c(cc2C1=O)OCO3. The lowest BCUT2D eigenvalue weighted by molar-refractivity contribution is -0.139. The van der Waals surface area contributed by atoms with Gasteiger partial charge in [-0.1, -0.05) is 0 Å². The third kappa shape index (κ3) is 1.75. The van der Waals surface area contributed by atoms with Crippen LogP contribution in [0.15, 0.2) is 12.1 Å². The number of halogens is 2. The second kappa shape index (κ2) is 4.32. The van der Waals surface area contributed by atoms with Gasteiger partial charge in [0.1, 0.15) is 5.92 Å². The lowest BCUT2D eigenvalue weighted by atomic mass is 9.91. The number of hydrogen-bond acceptors (Lipinski definition) is 5. The van der Waals surface area contributed by atoms with E-state index in [0.29, 0.717) is 4.90 Å². The van der Waals surface area contributed by atoms with Crippen LogP contribution < -0.4 is 14.4 Å². The molecule has 20 heavy (non-hydrogen) atoms. The van der Waals surface area contributed by atoms with Gasteiger partial charge in [0, 0.05) is 18.2 Å². The number of carbonyl (C=O) groups excluding carboxylic acids is 1. The Labute approximate surface area is 111 Å². The number of Topliss-reactive ketones (excluding diaryl/α,β-unsaturated/α-hetero) is 1. The molecular formula is C12H9F2NO5. The summed E-state index contributed by atoms with van der Waals surface area (Å²) in [7, 11) is 0. The van der Waals surface area contributed by atoms with E-state index in [-0.39, 0.29) is 29.5 Å². The van der Waals surface area contributed by atoms with Crippen molar-refractivity contribution >= 4 is 17.4 Å². The highest BCUT2D eigenvalue weighted by Gasteiger charge is 2.40. The van der Waals surface area contributed by atoms with E-state index in [1.54, 1.807) is 0 Å². The highest BCUT2D eigenvalue weighted by atomic mass is 19.3. The van der Waals surface area contributed by atoms with Crippen LogP contribution in [-0.2, 0) is 4.79 Å². The number of anilines is 1. The maximum absolute atomic E-state index is 13.1. The number of hydrogen-bond donors (Lipinski definition) is 1. The number of ketones is 1. The van der Waals surface area contributed by atoms with Crippen LogP contribution in [0.1, 0.15) is 10.4 Å². The summed E-state index contributed by atoms with van der Waals surface area (Å²) in [6, 6.07) is 2.53. The fraction of sp³-hybridized carbons (Fsp3) is 0.333. The molecule has 1 aromatic carbocycles. The average molecular weight is 285 g/mol. The summed E-state index contributed by atoms with van der Waals surface area (Å²) in [6.45, 7) is -3.55. The first-order valence-electron chi connectivity index (χ1n) is 5.74. The molecule has 6 nitrogen and oxygen atoms in total. The van der Waals surface area contributed by atoms with E-state index in [9.17, 15) is 18.4 Å². The summed E-state index contributed by atoms with van der Waals surface area (Å²) < 4.78 is 36.3. The van der Waals surface area contributed by atoms with Crippen LogP contribution in [0.3, 0.4) is 0 Å². The molecule has 0 spiro atoms. The van der Waals surface area contributed by atoms with Crippen molar-refractivity contribution in [1.29, 1.82) is 0 Å². The van der Waals surface area contributed by atoms with Gasteiger partial charge in [0.25, 0.3) is 0 Å². The van der Waals surface area contributed by atoms with E-state index in [0.717, 1.165) is 0 Å². The van der Waals surface area contributed by atoms with Crippen molar-refractivity contribution in [1.82, 2.24) is 0 Å². The lowest BCUT2D eigenvalue weighted by Crippen LogP contribution is -2.45. The number of ether oxygens (including phenoxy) is 2. The van der Waals surface area contributed by atoms with Gasteiger partial charge in [-0.3, -0.25) is 9.59 Å². The molecule has 0 radical (unpaired) electrons. The van der Waals surface area contributed by atoms with Crippen molar-refractivity contribution in [2.45, 2.75) is 6.55 Å². The molecule has 106 valence electrons. The molecule has 0 fully saturated rings. The Morgan fingerprint density at radius 1 is 1.35 bits per heavy atom. The van der Waals surface area contributed by atoms with Crippen LogP contribution >= 0.6 is 0 Å². The van der Waals surface area contributed by atoms with Crippen LogP contribution in [0.2, 0.25) is 0 Å². The smallest absolute Gasteiger partial charge is 0.316 e. The van der Waals surface area contributed by atoms with E-state index in [1.807, 2.05) is 0 Å². The molecule has 0 aliphatic carbocycles. The number of nitrogens with zero attached hydrogens (tertiary/aromatic N) is 1. The Morgan fingerprint density at radius 3 is 2.60 bits per heavy atom. The second-order valence-corrected chi connectivity index (χ2v) is 4.41. The average Bonchev–Trinajstić information content (AvgIpc) is 2.83. The van der Waals surface area contributed by atoms with Crippen molar-refractivity contribution in [2.75, 3.05) is 18.2 Å². The Kier molecular flexibility index (Phi) is 2.73. The Bertz CT molecular complexity index is 604.